The van der Waals surface area contributed by atoms with E-state index in [1.54, 1.807) is 31.6 Å². The molecule has 0 unspecified atom stereocenters. The molecule has 7 heteroatoms. The molecule has 0 saturated carbocycles. The number of halogens is 1. The van der Waals surface area contributed by atoms with Crippen LogP contribution >= 0.6 is 0 Å². The Balaban J connectivity index is 1.74. The second-order valence-corrected chi connectivity index (χ2v) is 6.70. The Bertz CT molecular complexity index is 1010. The molecular formula is C21H21FN4O2. The lowest BCUT2D eigenvalue weighted by atomic mass is 10.1. The molecule has 4 rings (SSSR count). The van der Waals surface area contributed by atoms with Gasteiger partial charge in [-0.2, -0.15) is 4.39 Å². The van der Waals surface area contributed by atoms with Gasteiger partial charge in [-0.15, -0.1) is 0 Å². The lowest BCUT2D eigenvalue weighted by Gasteiger charge is -2.33. The highest BCUT2D eigenvalue weighted by molar-refractivity contribution is 5.60. The van der Waals surface area contributed by atoms with Crippen molar-refractivity contribution >= 4 is 5.95 Å². The highest BCUT2D eigenvalue weighted by Gasteiger charge is 2.26. The quantitative estimate of drug-likeness (QED) is 0.681. The van der Waals surface area contributed by atoms with Gasteiger partial charge in [-0.05, 0) is 24.1 Å². The molecule has 1 aliphatic heterocycles. The van der Waals surface area contributed by atoms with Gasteiger partial charge in [0.25, 0.3) is 5.56 Å². The average Bonchev–Trinajstić information content (AvgIpc) is 2.76. The van der Waals surface area contributed by atoms with E-state index in [9.17, 15) is 9.18 Å². The monoisotopic (exact) mass is 380 g/mol. The van der Waals surface area contributed by atoms with Crippen LogP contribution in [0.1, 0.15) is 18.1 Å². The number of hydrogen-bond donors (Lipinski definition) is 0. The van der Waals surface area contributed by atoms with E-state index in [-0.39, 0.29) is 11.8 Å². The summed E-state index contributed by atoms with van der Waals surface area (Å²) >= 11 is 0. The lowest BCUT2D eigenvalue weighted by molar-refractivity contribution is 0.107. The number of aromatic nitrogens is 3. The molecule has 144 valence electrons. The molecule has 0 fully saturated rings. The van der Waals surface area contributed by atoms with Crippen LogP contribution in [0.25, 0.3) is 11.3 Å². The predicted molar refractivity (Wildman–Crippen MR) is 105 cm³/mol. The first-order chi connectivity index (χ1) is 13.7. The fourth-order valence-electron chi connectivity index (χ4n) is 3.54. The second kappa shape index (κ2) is 7.90. The van der Waals surface area contributed by atoms with Crippen LogP contribution in [0.4, 0.5) is 10.3 Å². The van der Waals surface area contributed by atoms with E-state index < -0.39 is 11.4 Å². The van der Waals surface area contributed by atoms with E-state index in [1.165, 1.54) is 4.57 Å². The number of methoxy groups -OCH3 is 1. The maximum atomic E-state index is 14.7. The minimum Gasteiger partial charge on any atom is -0.375 e. The first kappa shape index (κ1) is 18.3. The Labute approximate surface area is 162 Å². The van der Waals surface area contributed by atoms with Gasteiger partial charge < -0.3 is 9.64 Å². The van der Waals surface area contributed by atoms with Gasteiger partial charge in [0.15, 0.2) is 0 Å². The Morgan fingerprint density at radius 2 is 1.89 bits per heavy atom. The van der Waals surface area contributed by atoms with Gasteiger partial charge in [0.05, 0.1) is 12.6 Å². The summed E-state index contributed by atoms with van der Waals surface area (Å²) in [7, 11) is 1.66. The molecule has 1 aromatic carbocycles. The molecule has 0 bridgehead atoms. The van der Waals surface area contributed by atoms with E-state index in [2.05, 4.69) is 9.97 Å². The topological polar surface area (TPSA) is 60.2 Å². The van der Waals surface area contributed by atoms with Crippen molar-refractivity contribution in [2.75, 3.05) is 25.1 Å². The van der Waals surface area contributed by atoms with Gasteiger partial charge in [-0.3, -0.25) is 14.3 Å². The summed E-state index contributed by atoms with van der Waals surface area (Å²) in [6, 6.07) is 13.2. The molecule has 28 heavy (non-hydrogen) atoms. The van der Waals surface area contributed by atoms with Crippen LogP contribution in [0, 0.1) is 5.82 Å². The molecule has 0 radical (unpaired) electrons. The van der Waals surface area contributed by atoms with Crippen molar-refractivity contribution in [3.05, 3.63) is 76.6 Å². The SMILES string of the molecule is CO[C@@H](CN1CCCn2c1nc(-c1ccncc1)c(F)c2=O)c1ccccc1. The maximum Gasteiger partial charge on any atom is 0.291 e. The van der Waals surface area contributed by atoms with Crippen molar-refractivity contribution in [2.24, 2.45) is 0 Å². The smallest absolute Gasteiger partial charge is 0.291 e. The number of ether oxygens (including phenoxy) is 1. The zero-order chi connectivity index (χ0) is 19.5. The van der Waals surface area contributed by atoms with Crippen LogP contribution in [0.2, 0.25) is 0 Å². The number of hydrogen-bond acceptors (Lipinski definition) is 5. The van der Waals surface area contributed by atoms with Crippen molar-refractivity contribution in [1.82, 2.24) is 14.5 Å². The third kappa shape index (κ3) is 3.41. The number of rotatable bonds is 5. The number of benzene rings is 1. The number of nitrogens with zero attached hydrogens (tertiary/aromatic N) is 4. The third-order valence-corrected chi connectivity index (χ3v) is 4.98. The summed E-state index contributed by atoms with van der Waals surface area (Å²) in [6.07, 6.45) is 3.68. The van der Waals surface area contributed by atoms with Crippen LogP contribution in [-0.2, 0) is 11.3 Å². The van der Waals surface area contributed by atoms with E-state index in [0.717, 1.165) is 18.5 Å². The van der Waals surface area contributed by atoms with Crippen LogP contribution in [0.3, 0.4) is 0 Å². The van der Waals surface area contributed by atoms with Crippen molar-refractivity contribution in [1.29, 1.82) is 0 Å². The molecule has 1 aliphatic rings. The van der Waals surface area contributed by atoms with Crippen LogP contribution in [0.5, 0.6) is 0 Å². The average molecular weight is 380 g/mol. The molecule has 0 amide bonds. The summed E-state index contributed by atoms with van der Waals surface area (Å²) in [5.74, 6) is -0.356. The molecular weight excluding hydrogens is 359 g/mol. The normalized spacial score (nSPS) is 14.6. The fourth-order valence-corrected chi connectivity index (χ4v) is 3.54. The highest BCUT2D eigenvalue weighted by Crippen LogP contribution is 2.26. The second-order valence-electron chi connectivity index (χ2n) is 6.70. The molecule has 2 aromatic heterocycles. The van der Waals surface area contributed by atoms with Crippen LogP contribution < -0.4 is 10.5 Å². The van der Waals surface area contributed by atoms with Gasteiger partial charge in [-0.1, -0.05) is 30.3 Å². The fraction of sp³-hybridized carbons (Fsp3) is 0.286. The molecule has 1 atom stereocenters. The molecule has 3 aromatic rings. The van der Waals surface area contributed by atoms with E-state index in [0.29, 0.717) is 24.6 Å². The summed E-state index contributed by atoms with van der Waals surface area (Å²) in [4.78, 5) is 23.1. The Morgan fingerprint density at radius 3 is 2.61 bits per heavy atom. The van der Waals surface area contributed by atoms with Crippen molar-refractivity contribution in [3.63, 3.8) is 0 Å². The van der Waals surface area contributed by atoms with E-state index in [1.807, 2.05) is 35.2 Å². The lowest BCUT2D eigenvalue weighted by Crippen LogP contribution is -2.42. The van der Waals surface area contributed by atoms with Gasteiger partial charge in [0, 0.05) is 38.2 Å². The largest absolute Gasteiger partial charge is 0.375 e. The predicted octanol–water partition coefficient (Wildman–Crippen LogP) is 3.04. The summed E-state index contributed by atoms with van der Waals surface area (Å²) in [5.41, 5.74) is 0.986. The highest BCUT2D eigenvalue weighted by atomic mass is 19.1. The van der Waals surface area contributed by atoms with Crippen molar-refractivity contribution in [2.45, 2.75) is 19.1 Å². The molecule has 3 heterocycles. The third-order valence-electron chi connectivity index (χ3n) is 4.98. The zero-order valence-electron chi connectivity index (χ0n) is 15.6. The standard InChI is InChI=1S/C21H21FN4O2/c1-28-17(15-6-3-2-4-7-15)14-25-12-5-13-26-20(27)18(22)19(24-21(25)26)16-8-10-23-11-9-16/h2-4,6-11,17H,5,12-14H2,1H3/t17-/m0/s1. The van der Waals surface area contributed by atoms with Crippen molar-refractivity contribution < 1.29 is 9.13 Å². The summed E-state index contributed by atoms with van der Waals surface area (Å²) in [6.45, 7) is 1.70. The molecule has 0 saturated heterocycles. The van der Waals surface area contributed by atoms with Crippen LogP contribution in [0.15, 0.2) is 59.7 Å². The first-order valence-electron chi connectivity index (χ1n) is 9.22. The first-order valence-corrected chi connectivity index (χ1v) is 9.22. The van der Waals surface area contributed by atoms with Gasteiger partial charge in [0.2, 0.25) is 11.8 Å². The summed E-state index contributed by atoms with van der Waals surface area (Å²) in [5, 5.41) is 0. The van der Waals surface area contributed by atoms with Crippen LogP contribution in [-0.4, -0.2) is 34.7 Å². The zero-order valence-corrected chi connectivity index (χ0v) is 15.6. The number of pyridine rings is 1. The molecule has 0 N–H and O–H groups in total. The molecule has 6 nitrogen and oxygen atoms in total. The Hall–Kier alpha value is -3.06. The summed E-state index contributed by atoms with van der Waals surface area (Å²) < 4.78 is 21.8. The number of anilines is 1. The number of fused-ring (bicyclic) bond motifs is 1. The maximum absolute atomic E-state index is 14.7. The van der Waals surface area contributed by atoms with Crippen molar-refractivity contribution in [3.8, 4) is 11.3 Å². The minimum absolute atomic E-state index is 0.0548. The van der Waals surface area contributed by atoms with Gasteiger partial charge in [-0.25, -0.2) is 4.98 Å². The van der Waals surface area contributed by atoms with Gasteiger partial charge >= 0.3 is 0 Å². The molecule has 0 aliphatic carbocycles. The molecule has 0 spiro atoms. The minimum atomic E-state index is -0.830. The van der Waals surface area contributed by atoms with E-state index in [4.69, 9.17) is 4.74 Å². The van der Waals surface area contributed by atoms with E-state index >= 15 is 0 Å². The Morgan fingerprint density at radius 1 is 1.14 bits per heavy atom. The van der Waals surface area contributed by atoms with Gasteiger partial charge in [0.1, 0.15) is 5.69 Å². The Kier molecular flexibility index (Phi) is 5.16.